The van der Waals surface area contributed by atoms with E-state index in [-0.39, 0.29) is 0 Å². The smallest absolute Gasteiger partial charge is 0.118 e. The molecule has 2 aliphatic rings. The van der Waals surface area contributed by atoms with Crippen LogP contribution in [0.25, 0.3) is 0 Å². The van der Waals surface area contributed by atoms with Gasteiger partial charge in [-0.2, -0.15) is 0 Å². The van der Waals surface area contributed by atoms with Gasteiger partial charge in [0.1, 0.15) is 5.75 Å². The Hall–Kier alpha value is -1.02. The first kappa shape index (κ1) is 17.8. The van der Waals surface area contributed by atoms with E-state index in [0.29, 0.717) is 11.2 Å². The summed E-state index contributed by atoms with van der Waals surface area (Å²) in [6.07, 6.45) is 14.3. The van der Waals surface area contributed by atoms with E-state index < -0.39 is 0 Å². The van der Waals surface area contributed by atoms with E-state index in [2.05, 4.69) is 24.4 Å². The molecule has 1 aliphatic carbocycles. The first-order valence-electron chi connectivity index (χ1n) is 10.2. The summed E-state index contributed by atoms with van der Waals surface area (Å²) in [5.74, 6) is 1.48. The number of unbranched alkanes of at least 4 members (excludes halogenated alkanes) is 4. The standard InChI is InChI=1S/C22H35NO/c1-2-8-18-10-11-21(24)19(15-18)9-6-4-3-5-7-13-22-14-12-20(22)16-23-17-22/h10-11,15,20,23-24H,2-9,12-14,16-17H2,1H3. The van der Waals surface area contributed by atoms with Gasteiger partial charge in [0, 0.05) is 6.54 Å². The maximum atomic E-state index is 10.0. The van der Waals surface area contributed by atoms with Crippen LogP contribution in [-0.4, -0.2) is 18.2 Å². The monoisotopic (exact) mass is 329 g/mol. The van der Waals surface area contributed by atoms with Gasteiger partial charge in [-0.05, 0) is 73.6 Å². The van der Waals surface area contributed by atoms with Crippen LogP contribution in [0.2, 0.25) is 0 Å². The number of aryl methyl sites for hydroxylation is 2. The Labute approximate surface area is 148 Å². The van der Waals surface area contributed by atoms with Crippen molar-refractivity contribution in [2.45, 2.75) is 77.6 Å². The molecular weight excluding hydrogens is 294 g/mol. The molecule has 2 atom stereocenters. The topological polar surface area (TPSA) is 32.3 Å². The summed E-state index contributed by atoms with van der Waals surface area (Å²) in [5.41, 5.74) is 3.21. The van der Waals surface area contributed by atoms with E-state index in [1.54, 1.807) is 0 Å². The molecular formula is C22H35NO. The Morgan fingerprint density at radius 1 is 1.12 bits per heavy atom. The predicted molar refractivity (Wildman–Crippen MR) is 102 cm³/mol. The molecule has 2 unspecified atom stereocenters. The van der Waals surface area contributed by atoms with Crippen LogP contribution in [0.15, 0.2) is 18.2 Å². The van der Waals surface area contributed by atoms with E-state index >= 15 is 0 Å². The van der Waals surface area contributed by atoms with Gasteiger partial charge in [-0.1, -0.05) is 51.2 Å². The third-order valence-electron chi connectivity index (χ3n) is 6.53. The first-order valence-corrected chi connectivity index (χ1v) is 10.2. The molecule has 1 aromatic rings. The molecule has 1 aromatic carbocycles. The number of fused-ring (bicyclic) bond motifs is 1. The lowest BCUT2D eigenvalue weighted by molar-refractivity contribution is 0.0714. The summed E-state index contributed by atoms with van der Waals surface area (Å²) in [6.45, 7) is 4.77. The molecule has 0 aromatic heterocycles. The van der Waals surface area contributed by atoms with Crippen LogP contribution in [0.1, 0.15) is 75.8 Å². The van der Waals surface area contributed by atoms with Gasteiger partial charge >= 0.3 is 0 Å². The van der Waals surface area contributed by atoms with Gasteiger partial charge in [0.05, 0.1) is 0 Å². The highest BCUT2D eigenvalue weighted by Gasteiger charge is 2.48. The zero-order chi connectivity index (χ0) is 16.8. The summed E-state index contributed by atoms with van der Waals surface area (Å²) in [6, 6.07) is 6.15. The van der Waals surface area contributed by atoms with Crippen LogP contribution in [-0.2, 0) is 12.8 Å². The molecule has 1 saturated carbocycles. The van der Waals surface area contributed by atoms with Gasteiger partial charge in [0.25, 0.3) is 0 Å². The largest absolute Gasteiger partial charge is 0.508 e. The summed E-state index contributed by atoms with van der Waals surface area (Å²) >= 11 is 0. The zero-order valence-electron chi connectivity index (χ0n) is 15.4. The molecule has 0 spiro atoms. The van der Waals surface area contributed by atoms with E-state index in [1.807, 2.05) is 6.07 Å². The van der Waals surface area contributed by atoms with Gasteiger partial charge in [0.2, 0.25) is 0 Å². The Morgan fingerprint density at radius 3 is 2.71 bits per heavy atom. The molecule has 2 fully saturated rings. The van der Waals surface area contributed by atoms with Crippen molar-refractivity contribution in [1.82, 2.24) is 5.32 Å². The molecule has 0 radical (unpaired) electrons. The Morgan fingerprint density at radius 2 is 1.96 bits per heavy atom. The maximum Gasteiger partial charge on any atom is 0.118 e. The highest BCUT2D eigenvalue weighted by Crippen LogP contribution is 2.52. The predicted octanol–water partition coefficient (Wildman–Crippen LogP) is 5.23. The van der Waals surface area contributed by atoms with Crippen molar-refractivity contribution in [3.8, 4) is 5.75 Å². The number of hydrogen-bond donors (Lipinski definition) is 2. The highest BCUT2D eigenvalue weighted by molar-refractivity contribution is 5.36. The summed E-state index contributed by atoms with van der Waals surface area (Å²) in [5, 5.41) is 13.6. The molecule has 1 heterocycles. The van der Waals surface area contributed by atoms with Crippen LogP contribution < -0.4 is 5.32 Å². The number of aromatic hydroxyl groups is 1. The van der Waals surface area contributed by atoms with Crippen LogP contribution in [0.3, 0.4) is 0 Å². The van der Waals surface area contributed by atoms with Crippen LogP contribution in [0.4, 0.5) is 0 Å². The first-order chi connectivity index (χ1) is 11.7. The number of benzene rings is 1. The maximum absolute atomic E-state index is 10.0. The number of phenolic OH excluding ortho intramolecular Hbond substituents is 1. The average molecular weight is 330 g/mol. The van der Waals surface area contributed by atoms with Crippen molar-refractivity contribution in [1.29, 1.82) is 0 Å². The summed E-state index contributed by atoms with van der Waals surface area (Å²) in [4.78, 5) is 0. The molecule has 1 saturated heterocycles. The summed E-state index contributed by atoms with van der Waals surface area (Å²) < 4.78 is 0. The Kier molecular flexibility index (Phi) is 6.21. The lowest BCUT2D eigenvalue weighted by Crippen LogP contribution is -2.39. The van der Waals surface area contributed by atoms with Gasteiger partial charge in [0.15, 0.2) is 0 Å². The number of hydrogen-bond acceptors (Lipinski definition) is 2. The van der Waals surface area contributed by atoms with E-state index in [0.717, 1.165) is 24.3 Å². The zero-order valence-corrected chi connectivity index (χ0v) is 15.4. The Balaban J connectivity index is 1.29. The highest BCUT2D eigenvalue weighted by atomic mass is 16.3. The van der Waals surface area contributed by atoms with Gasteiger partial charge in [-0.25, -0.2) is 0 Å². The molecule has 0 bridgehead atoms. The molecule has 2 heteroatoms. The Bertz CT molecular complexity index is 527. The summed E-state index contributed by atoms with van der Waals surface area (Å²) in [7, 11) is 0. The van der Waals surface area contributed by atoms with Gasteiger partial charge in [-0.3, -0.25) is 0 Å². The molecule has 24 heavy (non-hydrogen) atoms. The fourth-order valence-electron chi connectivity index (χ4n) is 4.83. The minimum absolute atomic E-state index is 0.485. The van der Waals surface area contributed by atoms with Crippen molar-refractivity contribution in [3.05, 3.63) is 29.3 Å². The van der Waals surface area contributed by atoms with Crippen LogP contribution in [0.5, 0.6) is 5.75 Å². The second-order valence-corrected chi connectivity index (χ2v) is 8.21. The normalized spacial score (nSPS) is 25.5. The van der Waals surface area contributed by atoms with E-state index in [9.17, 15) is 5.11 Å². The van der Waals surface area contributed by atoms with Crippen molar-refractivity contribution >= 4 is 0 Å². The quantitative estimate of drug-likeness (QED) is 0.576. The second kappa shape index (κ2) is 8.38. The van der Waals surface area contributed by atoms with Crippen LogP contribution >= 0.6 is 0 Å². The number of rotatable bonds is 10. The lowest BCUT2D eigenvalue weighted by Gasteiger charge is -2.44. The molecule has 3 rings (SSSR count). The SMILES string of the molecule is CCCc1ccc(O)c(CCCCCCCC23CCC2CNC3)c1. The molecule has 2 nitrogen and oxygen atoms in total. The third-order valence-corrected chi connectivity index (χ3v) is 6.53. The van der Waals surface area contributed by atoms with Crippen LogP contribution in [0, 0.1) is 11.3 Å². The fourth-order valence-corrected chi connectivity index (χ4v) is 4.83. The van der Waals surface area contributed by atoms with Crippen molar-refractivity contribution in [3.63, 3.8) is 0 Å². The number of nitrogens with one attached hydrogen (secondary N) is 1. The second-order valence-electron chi connectivity index (χ2n) is 8.21. The van der Waals surface area contributed by atoms with Crippen molar-refractivity contribution in [2.75, 3.05) is 13.1 Å². The minimum Gasteiger partial charge on any atom is -0.508 e. The molecule has 0 amide bonds. The van der Waals surface area contributed by atoms with E-state index in [1.165, 1.54) is 76.4 Å². The van der Waals surface area contributed by atoms with E-state index in [4.69, 9.17) is 0 Å². The van der Waals surface area contributed by atoms with Crippen molar-refractivity contribution < 1.29 is 5.11 Å². The lowest BCUT2D eigenvalue weighted by atomic mass is 9.60. The molecule has 134 valence electrons. The molecule has 1 aliphatic heterocycles. The third kappa shape index (κ3) is 4.14. The minimum atomic E-state index is 0.485. The number of phenols is 1. The van der Waals surface area contributed by atoms with Gasteiger partial charge in [-0.15, -0.1) is 0 Å². The fraction of sp³-hybridized carbons (Fsp3) is 0.727. The average Bonchev–Trinajstić information content (AvgIpc) is 2.84. The molecule has 2 N–H and O–H groups in total. The van der Waals surface area contributed by atoms with Crippen molar-refractivity contribution in [2.24, 2.45) is 11.3 Å². The van der Waals surface area contributed by atoms with Gasteiger partial charge < -0.3 is 10.4 Å².